The maximum Gasteiger partial charge on any atom is 0.173 e. The van der Waals surface area contributed by atoms with Gasteiger partial charge < -0.3 is 15.1 Å². The van der Waals surface area contributed by atoms with Gasteiger partial charge in [-0.25, -0.2) is 0 Å². The van der Waals surface area contributed by atoms with Crippen LogP contribution in [0.4, 0.5) is 5.69 Å². The van der Waals surface area contributed by atoms with Crippen LogP contribution >= 0.6 is 12.2 Å². The summed E-state index contributed by atoms with van der Waals surface area (Å²) in [6.45, 7) is 3.01. The van der Waals surface area contributed by atoms with Crippen LogP contribution in [0.15, 0.2) is 24.3 Å². The minimum absolute atomic E-state index is 0.858. The molecule has 1 aliphatic rings. The van der Waals surface area contributed by atoms with Crippen LogP contribution < -0.4 is 15.1 Å². The van der Waals surface area contributed by atoms with Crippen molar-refractivity contribution in [1.29, 1.82) is 0 Å². The summed E-state index contributed by atoms with van der Waals surface area (Å²) in [5, 5.41) is 4.19. The smallest absolute Gasteiger partial charge is 0.173 e. The first-order chi connectivity index (χ1) is 8.18. The van der Waals surface area contributed by atoms with Crippen molar-refractivity contribution < 1.29 is 4.90 Å². The van der Waals surface area contributed by atoms with Gasteiger partial charge in [-0.1, -0.05) is 18.2 Å². The molecular formula is C13H20N3S+. The molecule has 0 spiro atoms. The van der Waals surface area contributed by atoms with E-state index in [1.165, 1.54) is 16.2 Å². The Kier molecular flexibility index (Phi) is 3.97. The second-order valence-electron chi connectivity index (χ2n) is 4.72. The number of rotatable bonds is 3. The first-order valence-corrected chi connectivity index (χ1v) is 6.51. The summed E-state index contributed by atoms with van der Waals surface area (Å²) >= 11 is 5.45. The Balaban J connectivity index is 1.93. The number of fused-ring (bicyclic) bond motifs is 1. The van der Waals surface area contributed by atoms with E-state index in [1.807, 2.05) is 0 Å². The van der Waals surface area contributed by atoms with Crippen LogP contribution in [-0.2, 0) is 6.42 Å². The van der Waals surface area contributed by atoms with Gasteiger partial charge in [0.2, 0.25) is 0 Å². The van der Waals surface area contributed by atoms with Crippen LogP contribution in [0.5, 0.6) is 0 Å². The van der Waals surface area contributed by atoms with Crippen LogP contribution in [0.3, 0.4) is 0 Å². The SMILES string of the molecule is C[NH+](C)CCNC(=S)N1CCc2ccccc21. The zero-order valence-corrected chi connectivity index (χ0v) is 11.3. The van der Waals surface area contributed by atoms with Gasteiger partial charge in [-0.05, 0) is 30.3 Å². The predicted octanol–water partition coefficient (Wildman–Crippen LogP) is 0.0681. The average molecular weight is 250 g/mol. The standard InChI is InChI=1S/C13H19N3S/c1-15(2)10-8-14-13(17)16-9-7-11-5-3-4-6-12(11)16/h3-6H,7-10H2,1-2H3,(H,14,17)/p+1. The van der Waals surface area contributed by atoms with E-state index in [1.54, 1.807) is 0 Å². The van der Waals surface area contributed by atoms with Gasteiger partial charge >= 0.3 is 0 Å². The van der Waals surface area contributed by atoms with Gasteiger partial charge in [0.25, 0.3) is 0 Å². The molecule has 0 fully saturated rings. The fourth-order valence-corrected chi connectivity index (χ4v) is 2.36. The Morgan fingerprint density at radius 1 is 1.41 bits per heavy atom. The van der Waals surface area contributed by atoms with E-state index in [-0.39, 0.29) is 0 Å². The molecule has 0 amide bonds. The number of likely N-dealkylation sites (N-methyl/N-ethyl adjacent to an activating group) is 1. The molecule has 0 saturated carbocycles. The van der Waals surface area contributed by atoms with Crippen molar-refractivity contribution in [3.05, 3.63) is 29.8 Å². The molecular weight excluding hydrogens is 230 g/mol. The largest absolute Gasteiger partial charge is 0.357 e. The molecule has 1 aromatic rings. The molecule has 1 aromatic carbocycles. The Hall–Kier alpha value is -1.13. The van der Waals surface area contributed by atoms with E-state index >= 15 is 0 Å². The zero-order chi connectivity index (χ0) is 12.3. The summed E-state index contributed by atoms with van der Waals surface area (Å²) in [5.41, 5.74) is 2.66. The summed E-state index contributed by atoms with van der Waals surface area (Å²) in [7, 11) is 4.30. The molecule has 2 rings (SSSR count). The van der Waals surface area contributed by atoms with E-state index in [0.29, 0.717) is 0 Å². The highest BCUT2D eigenvalue weighted by Crippen LogP contribution is 2.27. The normalized spacial score (nSPS) is 13.9. The van der Waals surface area contributed by atoms with Gasteiger partial charge in [0.1, 0.15) is 0 Å². The Bertz CT molecular complexity index is 403. The lowest BCUT2D eigenvalue weighted by molar-refractivity contribution is -0.856. The third-order valence-corrected chi connectivity index (χ3v) is 3.40. The predicted molar refractivity (Wildman–Crippen MR) is 75.8 cm³/mol. The Morgan fingerprint density at radius 2 is 2.18 bits per heavy atom. The molecule has 0 aliphatic carbocycles. The summed E-state index contributed by atoms with van der Waals surface area (Å²) in [6, 6.07) is 8.49. The van der Waals surface area contributed by atoms with Gasteiger partial charge in [0.15, 0.2) is 5.11 Å². The highest BCUT2D eigenvalue weighted by molar-refractivity contribution is 7.80. The third kappa shape index (κ3) is 2.96. The van der Waals surface area contributed by atoms with Crippen LogP contribution in [0, 0.1) is 0 Å². The van der Waals surface area contributed by atoms with Crippen molar-refractivity contribution in [3.8, 4) is 0 Å². The molecule has 0 atom stereocenters. The number of anilines is 1. The van der Waals surface area contributed by atoms with Gasteiger partial charge in [-0.15, -0.1) is 0 Å². The van der Waals surface area contributed by atoms with Crippen LogP contribution in [0.2, 0.25) is 0 Å². The monoisotopic (exact) mass is 250 g/mol. The van der Waals surface area contributed by atoms with Gasteiger partial charge in [-0.2, -0.15) is 0 Å². The zero-order valence-electron chi connectivity index (χ0n) is 10.5. The maximum absolute atomic E-state index is 5.45. The number of hydrogen-bond donors (Lipinski definition) is 2. The molecule has 0 radical (unpaired) electrons. The quantitative estimate of drug-likeness (QED) is 0.741. The second kappa shape index (κ2) is 5.47. The molecule has 92 valence electrons. The number of nitrogens with one attached hydrogen (secondary N) is 2. The summed E-state index contributed by atoms with van der Waals surface area (Å²) < 4.78 is 0. The number of para-hydroxylation sites is 1. The lowest BCUT2D eigenvalue weighted by Crippen LogP contribution is -3.06. The Morgan fingerprint density at radius 3 is 2.94 bits per heavy atom. The minimum Gasteiger partial charge on any atom is -0.357 e. The first-order valence-electron chi connectivity index (χ1n) is 6.11. The van der Waals surface area contributed by atoms with Crippen LogP contribution in [0.1, 0.15) is 5.56 Å². The molecule has 0 unspecified atom stereocenters. The molecule has 4 heteroatoms. The lowest BCUT2D eigenvalue weighted by atomic mass is 10.2. The van der Waals surface area contributed by atoms with Crippen molar-refractivity contribution in [2.75, 3.05) is 38.6 Å². The Labute approximate surface area is 108 Å². The highest BCUT2D eigenvalue weighted by atomic mass is 32.1. The van der Waals surface area contributed by atoms with E-state index < -0.39 is 0 Å². The fraction of sp³-hybridized carbons (Fsp3) is 0.462. The first kappa shape index (κ1) is 12.3. The van der Waals surface area contributed by atoms with E-state index in [0.717, 1.165) is 31.2 Å². The summed E-state index contributed by atoms with van der Waals surface area (Å²) in [5.74, 6) is 0. The van der Waals surface area contributed by atoms with E-state index in [4.69, 9.17) is 12.2 Å². The minimum atomic E-state index is 0.858. The highest BCUT2D eigenvalue weighted by Gasteiger charge is 2.21. The topological polar surface area (TPSA) is 19.7 Å². The number of nitrogens with zero attached hydrogens (tertiary/aromatic N) is 1. The molecule has 3 nitrogen and oxygen atoms in total. The third-order valence-electron chi connectivity index (χ3n) is 3.03. The molecule has 17 heavy (non-hydrogen) atoms. The van der Waals surface area contributed by atoms with Gasteiger partial charge in [0.05, 0.1) is 27.2 Å². The van der Waals surface area contributed by atoms with Crippen molar-refractivity contribution in [2.24, 2.45) is 0 Å². The molecule has 1 aliphatic heterocycles. The van der Waals surface area contributed by atoms with Crippen molar-refractivity contribution in [2.45, 2.75) is 6.42 Å². The van der Waals surface area contributed by atoms with Crippen molar-refractivity contribution >= 4 is 23.0 Å². The van der Waals surface area contributed by atoms with Crippen molar-refractivity contribution in [3.63, 3.8) is 0 Å². The average Bonchev–Trinajstić information content (AvgIpc) is 2.72. The molecule has 0 saturated heterocycles. The van der Waals surface area contributed by atoms with E-state index in [9.17, 15) is 0 Å². The lowest BCUT2D eigenvalue weighted by Gasteiger charge is -2.21. The molecule has 1 heterocycles. The molecule has 0 aromatic heterocycles. The van der Waals surface area contributed by atoms with Gasteiger partial charge in [0, 0.05) is 12.2 Å². The summed E-state index contributed by atoms with van der Waals surface area (Å²) in [4.78, 5) is 3.64. The number of thiocarbonyl (C=S) groups is 1. The molecule has 2 N–H and O–H groups in total. The van der Waals surface area contributed by atoms with E-state index in [2.05, 4.69) is 48.6 Å². The molecule has 0 bridgehead atoms. The summed E-state index contributed by atoms with van der Waals surface area (Å²) in [6.07, 6.45) is 1.09. The number of benzene rings is 1. The van der Waals surface area contributed by atoms with Gasteiger partial charge in [-0.3, -0.25) is 0 Å². The maximum atomic E-state index is 5.45. The van der Waals surface area contributed by atoms with Crippen molar-refractivity contribution in [1.82, 2.24) is 5.32 Å². The van der Waals surface area contributed by atoms with Crippen LogP contribution in [0.25, 0.3) is 0 Å². The number of hydrogen-bond acceptors (Lipinski definition) is 1. The number of quaternary nitrogens is 1. The second-order valence-corrected chi connectivity index (χ2v) is 5.11. The fourth-order valence-electron chi connectivity index (χ4n) is 2.06. The van der Waals surface area contributed by atoms with Crippen LogP contribution in [-0.4, -0.2) is 38.8 Å².